The Morgan fingerprint density at radius 3 is 2.88 bits per heavy atom. The second kappa shape index (κ2) is 6.46. The van der Waals surface area contributed by atoms with Gasteiger partial charge in [0.25, 0.3) is 0 Å². The van der Waals surface area contributed by atoms with Crippen LogP contribution in [0.3, 0.4) is 0 Å². The van der Waals surface area contributed by atoms with Gasteiger partial charge in [-0.3, -0.25) is 4.79 Å². The lowest BCUT2D eigenvalue weighted by Gasteiger charge is -2.28. The molecule has 2 aliphatic heterocycles. The molecule has 0 saturated carbocycles. The van der Waals surface area contributed by atoms with E-state index in [0.717, 1.165) is 48.0 Å². The third-order valence-electron chi connectivity index (χ3n) is 4.59. The Morgan fingerprint density at radius 1 is 1.21 bits per heavy atom. The van der Waals surface area contributed by atoms with Crippen LogP contribution in [0.1, 0.15) is 23.1 Å². The molecule has 4 nitrogen and oxygen atoms in total. The Morgan fingerprint density at radius 2 is 2.04 bits per heavy atom. The first-order valence-electron chi connectivity index (χ1n) is 8.25. The maximum absolute atomic E-state index is 11.6. The van der Waals surface area contributed by atoms with E-state index in [1.165, 1.54) is 11.1 Å². The summed E-state index contributed by atoms with van der Waals surface area (Å²) in [6.45, 7) is 1.57. The molecule has 0 spiro atoms. The number of benzene rings is 2. The summed E-state index contributed by atoms with van der Waals surface area (Å²) < 4.78 is 6.20. The SMILES string of the molecule is O=C1Cc2c(ccc3c2OC(CNCc2ccc(Cl)cc2)CC3)N1. The van der Waals surface area contributed by atoms with Gasteiger partial charge in [-0.1, -0.05) is 29.8 Å². The zero-order valence-corrected chi connectivity index (χ0v) is 14.0. The minimum absolute atomic E-state index is 0.0463. The average Bonchev–Trinajstić information content (AvgIpc) is 2.97. The molecule has 2 aromatic carbocycles. The van der Waals surface area contributed by atoms with E-state index in [-0.39, 0.29) is 12.0 Å². The zero-order valence-electron chi connectivity index (χ0n) is 13.3. The highest BCUT2D eigenvalue weighted by Gasteiger charge is 2.28. The van der Waals surface area contributed by atoms with Crippen LogP contribution in [0.15, 0.2) is 36.4 Å². The Hall–Kier alpha value is -2.04. The van der Waals surface area contributed by atoms with Crippen LogP contribution in [-0.2, 0) is 24.2 Å². The molecule has 0 radical (unpaired) electrons. The van der Waals surface area contributed by atoms with Gasteiger partial charge in [-0.15, -0.1) is 0 Å². The lowest BCUT2D eigenvalue weighted by Crippen LogP contribution is -2.34. The first-order chi connectivity index (χ1) is 11.7. The Balaban J connectivity index is 1.39. The highest BCUT2D eigenvalue weighted by Crippen LogP contribution is 2.38. The molecule has 1 amide bonds. The molecule has 0 saturated heterocycles. The van der Waals surface area contributed by atoms with Crippen molar-refractivity contribution in [3.05, 3.63) is 58.1 Å². The number of aryl methyl sites for hydroxylation is 1. The van der Waals surface area contributed by atoms with Crippen molar-refractivity contribution < 1.29 is 9.53 Å². The largest absolute Gasteiger partial charge is 0.488 e. The van der Waals surface area contributed by atoms with E-state index < -0.39 is 0 Å². The summed E-state index contributed by atoms with van der Waals surface area (Å²) in [5, 5.41) is 7.09. The first kappa shape index (κ1) is 15.5. The first-order valence-corrected chi connectivity index (χ1v) is 8.63. The molecule has 2 heterocycles. The second-order valence-electron chi connectivity index (χ2n) is 6.34. The maximum atomic E-state index is 11.6. The Labute approximate surface area is 146 Å². The predicted molar refractivity (Wildman–Crippen MR) is 94.7 cm³/mol. The van der Waals surface area contributed by atoms with E-state index in [2.05, 4.69) is 16.7 Å². The molecule has 4 rings (SSSR count). The van der Waals surface area contributed by atoms with Crippen molar-refractivity contribution >= 4 is 23.2 Å². The fraction of sp³-hybridized carbons (Fsp3) is 0.316. The molecule has 0 bridgehead atoms. The van der Waals surface area contributed by atoms with Gasteiger partial charge >= 0.3 is 0 Å². The van der Waals surface area contributed by atoms with Crippen LogP contribution in [-0.4, -0.2) is 18.6 Å². The van der Waals surface area contributed by atoms with E-state index in [4.69, 9.17) is 16.3 Å². The highest BCUT2D eigenvalue weighted by molar-refractivity contribution is 6.30. The molecule has 124 valence electrons. The van der Waals surface area contributed by atoms with Crippen molar-refractivity contribution in [3.63, 3.8) is 0 Å². The molecule has 1 atom stereocenters. The number of hydrogen-bond donors (Lipinski definition) is 2. The zero-order chi connectivity index (χ0) is 16.5. The van der Waals surface area contributed by atoms with Crippen molar-refractivity contribution in [2.45, 2.75) is 31.9 Å². The van der Waals surface area contributed by atoms with Gasteiger partial charge in [0.1, 0.15) is 11.9 Å². The van der Waals surface area contributed by atoms with Crippen LogP contribution >= 0.6 is 11.6 Å². The van der Waals surface area contributed by atoms with Gasteiger partial charge < -0.3 is 15.4 Å². The molecule has 24 heavy (non-hydrogen) atoms. The molecule has 0 aliphatic carbocycles. The smallest absolute Gasteiger partial charge is 0.229 e. The predicted octanol–water partition coefficient (Wildman–Crippen LogP) is 3.32. The van der Waals surface area contributed by atoms with Crippen molar-refractivity contribution in [3.8, 4) is 5.75 Å². The van der Waals surface area contributed by atoms with Gasteiger partial charge in [0, 0.05) is 29.4 Å². The van der Waals surface area contributed by atoms with E-state index in [0.29, 0.717) is 6.42 Å². The molecular formula is C19H19ClN2O2. The van der Waals surface area contributed by atoms with Crippen molar-refractivity contribution in [1.29, 1.82) is 0 Å². The monoisotopic (exact) mass is 342 g/mol. The van der Waals surface area contributed by atoms with Crippen LogP contribution in [0.5, 0.6) is 5.75 Å². The van der Waals surface area contributed by atoms with Gasteiger partial charge in [-0.2, -0.15) is 0 Å². The summed E-state index contributed by atoms with van der Waals surface area (Å²) in [4.78, 5) is 11.6. The summed E-state index contributed by atoms with van der Waals surface area (Å²) >= 11 is 5.90. The Bertz CT molecular complexity index is 774. The number of carbonyl (C=O) groups is 1. The fourth-order valence-electron chi connectivity index (χ4n) is 3.33. The van der Waals surface area contributed by atoms with Crippen molar-refractivity contribution in [1.82, 2.24) is 5.32 Å². The number of anilines is 1. The van der Waals surface area contributed by atoms with E-state index in [1.807, 2.05) is 30.3 Å². The number of ether oxygens (including phenoxy) is 1. The summed E-state index contributed by atoms with van der Waals surface area (Å²) in [5.41, 5.74) is 4.32. The normalized spacial score (nSPS) is 18.5. The molecule has 0 fully saturated rings. The van der Waals surface area contributed by atoms with Gasteiger partial charge in [-0.25, -0.2) is 0 Å². The third-order valence-corrected chi connectivity index (χ3v) is 4.84. The number of nitrogens with one attached hydrogen (secondary N) is 2. The highest BCUT2D eigenvalue weighted by atomic mass is 35.5. The molecule has 0 aromatic heterocycles. The quantitative estimate of drug-likeness (QED) is 0.896. The van der Waals surface area contributed by atoms with Crippen molar-refractivity contribution in [2.24, 2.45) is 0 Å². The van der Waals surface area contributed by atoms with E-state index >= 15 is 0 Å². The number of rotatable bonds is 4. The third kappa shape index (κ3) is 3.12. The minimum atomic E-state index is 0.0463. The molecular weight excluding hydrogens is 324 g/mol. The lowest BCUT2D eigenvalue weighted by molar-refractivity contribution is -0.115. The molecule has 5 heteroatoms. The number of amides is 1. The lowest BCUT2D eigenvalue weighted by atomic mass is 9.97. The van der Waals surface area contributed by atoms with Crippen LogP contribution in [0.4, 0.5) is 5.69 Å². The van der Waals surface area contributed by atoms with Crippen LogP contribution in [0.25, 0.3) is 0 Å². The topological polar surface area (TPSA) is 50.4 Å². The number of carbonyl (C=O) groups excluding carboxylic acids is 1. The second-order valence-corrected chi connectivity index (χ2v) is 6.78. The van der Waals surface area contributed by atoms with Crippen LogP contribution in [0.2, 0.25) is 5.02 Å². The van der Waals surface area contributed by atoms with E-state index in [9.17, 15) is 4.79 Å². The molecule has 2 N–H and O–H groups in total. The van der Waals surface area contributed by atoms with Crippen LogP contribution in [0, 0.1) is 0 Å². The van der Waals surface area contributed by atoms with Gasteiger partial charge in [0.2, 0.25) is 5.91 Å². The number of hydrogen-bond acceptors (Lipinski definition) is 3. The van der Waals surface area contributed by atoms with E-state index in [1.54, 1.807) is 0 Å². The van der Waals surface area contributed by atoms with Crippen molar-refractivity contribution in [2.75, 3.05) is 11.9 Å². The Kier molecular flexibility index (Phi) is 4.17. The standard InChI is InChI=1S/C19H19ClN2O2/c20-14-5-1-12(2-6-14)10-21-11-15-7-3-13-4-8-17-16(19(13)24-15)9-18(23)22-17/h1-2,4-6,8,15,21H,3,7,9-11H2,(H,22,23). The number of halogens is 1. The summed E-state index contributed by atoms with van der Waals surface area (Å²) in [6.07, 6.45) is 2.53. The number of fused-ring (bicyclic) bond motifs is 3. The van der Waals surface area contributed by atoms with Gasteiger partial charge in [0.05, 0.1) is 6.42 Å². The van der Waals surface area contributed by atoms with Gasteiger partial charge in [-0.05, 0) is 42.2 Å². The van der Waals surface area contributed by atoms with Crippen LogP contribution < -0.4 is 15.4 Å². The van der Waals surface area contributed by atoms with Gasteiger partial charge in [0.15, 0.2) is 0 Å². The molecule has 2 aliphatic rings. The maximum Gasteiger partial charge on any atom is 0.229 e. The molecule has 2 aromatic rings. The molecule has 1 unspecified atom stereocenters. The summed E-state index contributed by atoms with van der Waals surface area (Å²) in [7, 11) is 0. The fourth-order valence-corrected chi connectivity index (χ4v) is 3.46. The minimum Gasteiger partial charge on any atom is -0.488 e. The average molecular weight is 343 g/mol. The summed E-state index contributed by atoms with van der Waals surface area (Å²) in [5.74, 6) is 0.959. The summed E-state index contributed by atoms with van der Waals surface area (Å²) in [6, 6.07) is 11.9.